The standard InChI is InChI=1S/C18H17FN4O2S.CH4/c1-10-5-16(25-23-10)15-6-11-8-26-17(20)22-18(11,9-24-15)13-7-12(21-2)3-4-14(13)19;/h3-5,7,11,15H,6,8-9H2,1H3,(H2,20,22);1H4/t11-,15+,18-;/m0./s1. The molecule has 0 radical (unpaired) electrons. The van der Waals surface area contributed by atoms with Crippen molar-refractivity contribution in [3.8, 4) is 0 Å². The first kappa shape index (κ1) is 19.4. The molecule has 0 bridgehead atoms. The fraction of sp³-hybridized carbons (Fsp3) is 0.421. The van der Waals surface area contributed by atoms with Crippen molar-refractivity contribution in [1.82, 2.24) is 5.16 Å². The molecule has 8 heteroatoms. The first-order valence-electron chi connectivity index (χ1n) is 8.22. The minimum absolute atomic E-state index is 0. The topological polar surface area (TPSA) is 78.0 Å². The van der Waals surface area contributed by atoms with Crippen molar-refractivity contribution in [2.24, 2.45) is 16.6 Å². The van der Waals surface area contributed by atoms with Crippen molar-refractivity contribution in [3.63, 3.8) is 0 Å². The Morgan fingerprint density at radius 2 is 2.22 bits per heavy atom. The van der Waals surface area contributed by atoms with Gasteiger partial charge < -0.3 is 15.0 Å². The largest absolute Gasteiger partial charge is 0.379 e. The minimum Gasteiger partial charge on any atom is -0.379 e. The lowest BCUT2D eigenvalue weighted by Crippen LogP contribution is -2.48. The molecule has 1 saturated heterocycles. The van der Waals surface area contributed by atoms with Gasteiger partial charge in [0, 0.05) is 23.3 Å². The maximum atomic E-state index is 14.7. The van der Waals surface area contributed by atoms with Gasteiger partial charge in [0.1, 0.15) is 17.5 Å². The van der Waals surface area contributed by atoms with Gasteiger partial charge in [-0.25, -0.2) is 14.2 Å². The molecule has 2 aromatic rings. The van der Waals surface area contributed by atoms with Crippen molar-refractivity contribution >= 4 is 22.6 Å². The van der Waals surface area contributed by atoms with Gasteiger partial charge in [0.25, 0.3) is 0 Å². The lowest BCUT2D eigenvalue weighted by atomic mass is 9.74. The minimum atomic E-state index is -0.925. The second-order valence-electron chi connectivity index (χ2n) is 6.56. The van der Waals surface area contributed by atoms with E-state index in [0.29, 0.717) is 34.4 Å². The molecule has 27 heavy (non-hydrogen) atoms. The van der Waals surface area contributed by atoms with Gasteiger partial charge in [0.15, 0.2) is 16.6 Å². The number of rotatable bonds is 2. The van der Waals surface area contributed by atoms with Crippen LogP contribution in [0.5, 0.6) is 0 Å². The third-order valence-corrected chi connectivity index (χ3v) is 5.89. The van der Waals surface area contributed by atoms with E-state index in [1.165, 1.54) is 23.9 Å². The summed E-state index contributed by atoms with van der Waals surface area (Å²) in [7, 11) is 0. The van der Waals surface area contributed by atoms with Gasteiger partial charge in [-0.15, -0.1) is 0 Å². The van der Waals surface area contributed by atoms with Crippen LogP contribution in [0.4, 0.5) is 10.1 Å². The predicted molar refractivity (Wildman–Crippen MR) is 103 cm³/mol. The monoisotopic (exact) mass is 388 g/mol. The molecule has 1 fully saturated rings. The molecule has 1 aromatic carbocycles. The Kier molecular flexibility index (Phi) is 5.27. The second-order valence-corrected chi connectivity index (χ2v) is 7.60. The molecule has 2 aliphatic heterocycles. The van der Waals surface area contributed by atoms with Crippen LogP contribution in [0.1, 0.15) is 37.0 Å². The Morgan fingerprint density at radius 3 is 2.93 bits per heavy atom. The third kappa shape index (κ3) is 3.33. The zero-order valence-electron chi connectivity index (χ0n) is 14.1. The number of fused-ring (bicyclic) bond motifs is 1. The average Bonchev–Trinajstić information content (AvgIpc) is 3.08. The average molecular weight is 388 g/mol. The van der Waals surface area contributed by atoms with Gasteiger partial charge >= 0.3 is 0 Å². The highest BCUT2D eigenvalue weighted by Crippen LogP contribution is 2.50. The van der Waals surface area contributed by atoms with Gasteiger partial charge in [0.2, 0.25) is 0 Å². The molecule has 0 spiro atoms. The van der Waals surface area contributed by atoms with Crippen LogP contribution in [0.3, 0.4) is 0 Å². The van der Waals surface area contributed by atoms with Crippen molar-refractivity contribution in [3.05, 3.63) is 58.5 Å². The number of aliphatic imine (C=N–C) groups is 1. The number of aryl methyl sites for hydroxylation is 1. The van der Waals surface area contributed by atoms with E-state index in [0.717, 1.165) is 5.69 Å². The van der Waals surface area contributed by atoms with E-state index in [4.69, 9.17) is 21.6 Å². The van der Waals surface area contributed by atoms with Crippen LogP contribution in [0, 0.1) is 25.2 Å². The number of halogens is 1. The number of hydrogen-bond donors (Lipinski definition) is 1. The number of thioether (sulfide) groups is 1. The van der Waals surface area contributed by atoms with Gasteiger partial charge in [-0.2, -0.15) is 0 Å². The van der Waals surface area contributed by atoms with Crippen molar-refractivity contribution in [1.29, 1.82) is 0 Å². The predicted octanol–water partition coefficient (Wildman–Crippen LogP) is 4.34. The van der Waals surface area contributed by atoms with Crippen LogP contribution < -0.4 is 5.73 Å². The van der Waals surface area contributed by atoms with Crippen LogP contribution in [-0.2, 0) is 10.3 Å². The smallest absolute Gasteiger partial charge is 0.187 e. The molecule has 3 heterocycles. The Balaban J connectivity index is 0.00000210. The fourth-order valence-corrected chi connectivity index (χ4v) is 4.63. The summed E-state index contributed by atoms with van der Waals surface area (Å²) in [5.41, 5.74) is 6.58. The molecule has 0 unspecified atom stereocenters. The highest BCUT2D eigenvalue weighted by molar-refractivity contribution is 8.13. The van der Waals surface area contributed by atoms with Gasteiger partial charge in [-0.3, -0.25) is 0 Å². The van der Waals surface area contributed by atoms with Gasteiger partial charge in [-0.1, -0.05) is 30.4 Å². The fourth-order valence-electron chi connectivity index (χ4n) is 3.62. The van der Waals surface area contributed by atoms with Crippen LogP contribution in [0.2, 0.25) is 0 Å². The van der Waals surface area contributed by atoms with Crippen LogP contribution >= 0.6 is 11.8 Å². The number of nitrogens with two attached hydrogens (primary N) is 1. The van der Waals surface area contributed by atoms with Crippen molar-refractivity contribution < 1.29 is 13.7 Å². The van der Waals surface area contributed by atoms with Gasteiger partial charge in [-0.05, 0) is 25.5 Å². The summed E-state index contributed by atoms with van der Waals surface area (Å²) in [6.07, 6.45) is 0.358. The normalized spacial score (nSPS) is 27.1. The lowest BCUT2D eigenvalue weighted by molar-refractivity contribution is -0.0692. The number of hydrogen-bond acceptors (Lipinski definition) is 6. The molecule has 2 N–H and O–H groups in total. The first-order valence-corrected chi connectivity index (χ1v) is 9.21. The molecule has 1 aromatic heterocycles. The van der Waals surface area contributed by atoms with E-state index < -0.39 is 11.4 Å². The zero-order valence-corrected chi connectivity index (χ0v) is 14.9. The Hall–Kier alpha value is -2.37. The molecule has 6 nitrogen and oxygen atoms in total. The number of ether oxygens (including phenoxy) is 1. The molecule has 4 rings (SSSR count). The van der Waals surface area contributed by atoms with E-state index in [1.54, 1.807) is 6.07 Å². The van der Waals surface area contributed by atoms with E-state index in [9.17, 15) is 4.39 Å². The molecule has 2 aliphatic rings. The Morgan fingerprint density at radius 1 is 1.41 bits per heavy atom. The Bertz CT molecular complexity index is 923. The molecule has 0 amide bonds. The highest BCUT2D eigenvalue weighted by atomic mass is 32.2. The molecule has 0 aliphatic carbocycles. The van der Waals surface area contributed by atoms with Crippen molar-refractivity contribution in [2.45, 2.75) is 32.4 Å². The SMILES string of the molecule is C.[C-]#[N+]c1ccc(F)c([C@]23CO[C@@H](c4cc(C)no4)C[C@H]2CSC(N)=N3)c1. The summed E-state index contributed by atoms with van der Waals surface area (Å²) < 4.78 is 26.1. The highest BCUT2D eigenvalue weighted by Gasteiger charge is 2.50. The number of amidine groups is 1. The van der Waals surface area contributed by atoms with Crippen LogP contribution in [-0.4, -0.2) is 22.7 Å². The van der Waals surface area contributed by atoms with Crippen LogP contribution in [0.25, 0.3) is 4.85 Å². The molecule has 142 valence electrons. The van der Waals surface area contributed by atoms with E-state index in [1.807, 2.05) is 13.0 Å². The summed E-state index contributed by atoms with van der Waals surface area (Å²) >= 11 is 1.46. The molecular formula is C19H21FN4O2S. The summed E-state index contributed by atoms with van der Waals surface area (Å²) in [6.45, 7) is 9.25. The summed E-state index contributed by atoms with van der Waals surface area (Å²) in [6, 6.07) is 6.19. The number of nitrogens with zero attached hydrogens (tertiary/aromatic N) is 3. The summed E-state index contributed by atoms with van der Waals surface area (Å²) in [4.78, 5) is 8.04. The lowest BCUT2D eigenvalue weighted by Gasteiger charge is -2.46. The number of benzene rings is 1. The van der Waals surface area contributed by atoms with Gasteiger partial charge in [0.05, 0.1) is 18.9 Å². The summed E-state index contributed by atoms with van der Waals surface area (Å²) in [5.74, 6) is 0.964. The maximum absolute atomic E-state index is 14.7. The third-order valence-electron chi connectivity index (χ3n) is 4.93. The zero-order chi connectivity index (χ0) is 18.3. The quantitative estimate of drug-likeness (QED) is 0.774. The Labute approximate surface area is 161 Å². The second kappa shape index (κ2) is 7.33. The van der Waals surface area contributed by atoms with E-state index >= 15 is 0 Å². The number of aromatic nitrogens is 1. The first-order chi connectivity index (χ1) is 12.5. The van der Waals surface area contributed by atoms with E-state index in [-0.39, 0.29) is 26.1 Å². The molecular weight excluding hydrogens is 367 g/mol. The maximum Gasteiger partial charge on any atom is 0.187 e. The van der Waals surface area contributed by atoms with Crippen molar-refractivity contribution in [2.75, 3.05) is 12.4 Å². The summed E-state index contributed by atoms with van der Waals surface area (Å²) in [5, 5.41) is 4.33. The molecule has 0 saturated carbocycles. The van der Waals surface area contributed by atoms with E-state index in [2.05, 4.69) is 15.0 Å². The van der Waals surface area contributed by atoms with Crippen LogP contribution in [0.15, 0.2) is 33.8 Å². The molecule has 3 atom stereocenters.